The molecule has 3 heterocycles. The minimum atomic E-state index is -0.993. The molecule has 9 heteroatoms. The standard InChI is InChI=1S/C12H12N4O4S/c17-9-4-16(8(3-13-9)12(18)19)5-10-14-11(15-20-10)7-1-2-21-6-7/h1-2,6,8H,3-5H2,(H,13,17)(H,18,19). The lowest BCUT2D eigenvalue weighted by Gasteiger charge is -2.31. The number of carbonyl (C=O) groups excluding carboxylic acids is 1. The van der Waals surface area contributed by atoms with Gasteiger partial charge in [-0.2, -0.15) is 16.3 Å². The van der Waals surface area contributed by atoms with E-state index in [1.807, 2.05) is 16.8 Å². The van der Waals surface area contributed by atoms with Gasteiger partial charge in [-0.15, -0.1) is 0 Å². The second kappa shape index (κ2) is 5.62. The molecule has 3 rings (SSSR count). The molecule has 0 bridgehead atoms. The molecule has 0 radical (unpaired) electrons. The second-order valence-electron chi connectivity index (χ2n) is 4.59. The van der Waals surface area contributed by atoms with Crippen LogP contribution < -0.4 is 5.32 Å². The van der Waals surface area contributed by atoms with Crippen LogP contribution >= 0.6 is 11.3 Å². The van der Waals surface area contributed by atoms with E-state index in [1.165, 1.54) is 16.2 Å². The zero-order valence-electron chi connectivity index (χ0n) is 10.9. The van der Waals surface area contributed by atoms with Crippen LogP contribution in [0.5, 0.6) is 0 Å². The van der Waals surface area contributed by atoms with Gasteiger partial charge in [0.15, 0.2) is 0 Å². The number of hydrogen-bond acceptors (Lipinski definition) is 7. The van der Waals surface area contributed by atoms with Crippen LogP contribution in [0.1, 0.15) is 5.89 Å². The van der Waals surface area contributed by atoms with Crippen molar-refractivity contribution in [1.82, 2.24) is 20.4 Å². The lowest BCUT2D eigenvalue weighted by molar-refractivity contribution is -0.146. The molecular formula is C12H12N4O4S. The number of piperazine rings is 1. The minimum absolute atomic E-state index is 0.00681. The summed E-state index contributed by atoms with van der Waals surface area (Å²) in [6.07, 6.45) is 0. The van der Waals surface area contributed by atoms with Gasteiger partial charge in [0.1, 0.15) is 6.04 Å². The van der Waals surface area contributed by atoms with E-state index in [4.69, 9.17) is 4.52 Å². The molecule has 8 nitrogen and oxygen atoms in total. The maximum atomic E-state index is 11.4. The van der Waals surface area contributed by atoms with Crippen molar-refractivity contribution in [2.75, 3.05) is 13.1 Å². The number of nitrogens with zero attached hydrogens (tertiary/aromatic N) is 3. The second-order valence-corrected chi connectivity index (χ2v) is 5.37. The number of amides is 1. The predicted octanol–water partition coefficient (Wildman–Crippen LogP) is 0.183. The molecule has 1 amide bonds. The van der Waals surface area contributed by atoms with Crippen molar-refractivity contribution in [3.63, 3.8) is 0 Å². The van der Waals surface area contributed by atoms with Crippen LogP contribution in [0.2, 0.25) is 0 Å². The topological polar surface area (TPSA) is 109 Å². The number of nitrogens with one attached hydrogen (secondary N) is 1. The Labute approximate surface area is 123 Å². The molecular weight excluding hydrogens is 296 g/mol. The predicted molar refractivity (Wildman–Crippen MR) is 72.5 cm³/mol. The molecule has 110 valence electrons. The fourth-order valence-corrected chi connectivity index (χ4v) is 2.74. The number of carboxylic acid groups (broad SMARTS) is 1. The smallest absolute Gasteiger partial charge is 0.322 e. The van der Waals surface area contributed by atoms with Gasteiger partial charge in [-0.05, 0) is 11.4 Å². The first-order valence-corrected chi connectivity index (χ1v) is 7.16. The quantitative estimate of drug-likeness (QED) is 0.829. The molecule has 0 saturated carbocycles. The SMILES string of the molecule is O=C1CN(Cc2nc(-c3ccsc3)no2)C(C(=O)O)CN1. The van der Waals surface area contributed by atoms with Crippen LogP contribution in [-0.4, -0.2) is 51.2 Å². The highest BCUT2D eigenvalue weighted by Gasteiger charge is 2.32. The summed E-state index contributed by atoms with van der Waals surface area (Å²) in [4.78, 5) is 28.3. The summed E-state index contributed by atoms with van der Waals surface area (Å²) in [5.41, 5.74) is 0.848. The number of thiophene rings is 1. The van der Waals surface area contributed by atoms with Gasteiger partial charge in [-0.1, -0.05) is 5.16 Å². The zero-order chi connectivity index (χ0) is 14.8. The van der Waals surface area contributed by atoms with Gasteiger partial charge < -0.3 is 14.9 Å². The molecule has 1 fully saturated rings. The monoisotopic (exact) mass is 308 g/mol. The number of rotatable bonds is 4. The van der Waals surface area contributed by atoms with E-state index in [2.05, 4.69) is 15.5 Å². The Morgan fingerprint density at radius 3 is 3.19 bits per heavy atom. The van der Waals surface area contributed by atoms with Crippen LogP contribution in [0.25, 0.3) is 11.4 Å². The van der Waals surface area contributed by atoms with Gasteiger partial charge in [0.05, 0.1) is 13.1 Å². The fourth-order valence-electron chi connectivity index (χ4n) is 2.10. The molecule has 2 aromatic heterocycles. The summed E-state index contributed by atoms with van der Waals surface area (Å²) < 4.78 is 5.13. The third kappa shape index (κ3) is 2.93. The Kier molecular flexibility index (Phi) is 3.67. The van der Waals surface area contributed by atoms with Crippen LogP contribution in [0, 0.1) is 0 Å². The van der Waals surface area contributed by atoms with Gasteiger partial charge in [0.2, 0.25) is 17.6 Å². The minimum Gasteiger partial charge on any atom is -0.480 e. The Morgan fingerprint density at radius 1 is 1.62 bits per heavy atom. The highest BCUT2D eigenvalue weighted by Crippen LogP contribution is 2.19. The molecule has 21 heavy (non-hydrogen) atoms. The van der Waals surface area contributed by atoms with Crippen LogP contribution in [0.3, 0.4) is 0 Å². The molecule has 1 aliphatic heterocycles. The first kappa shape index (κ1) is 13.7. The van der Waals surface area contributed by atoms with Gasteiger partial charge >= 0.3 is 5.97 Å². The molecule has 1 unspecified atom stereocenters. The van der Waals surface area contributed by atoms with E-state index < -0.39 is 12.0 Å². The molecule has 1 saturated heterocycles. The Bertz CT molecular complexity index is 654. The number of carbonyl (C=O) groups is 2. The van der Waals surface area contributed by atoms with Crippen molar-refractivity contribution in [1.29, 1.82) is 0 Å². The van der Waals surface area contributed by atoms with E-state index in [1.54, 1.807) is 0 Å². The van der Waals surface area contributed by atoms with Crippen molar-refractivity contribution < 1.29 is 19.2 Å². The summed E-state index contributed by atoms with van der Waals surface area (Å²) in [6, 6.07) is 1.08. The number of aromatic nitrogens is 2. The summed E-state index contributed by atoms with van der Waals surface area (Å²) in [6.45, 7) is 0.189. The van der Waals surface area contributed by atoms with Gasteiger partial charge in [0.25, 0.3) is 0 Å². The first-order valence-electron chi connectivity index (χ1n) is 6.22. The number of aliphatic carboxylic acids is 1. The summed E-state index contributed by atoms with van der Waals surface area (Å²) in [7, 11) is 0. The molecule has 1 aliphatic rings. The van der Waals surface area contributed by atoms with Crippen LogP contribution in [-0.2, 0) is 16.1 Å². The van der Waals surface area contributed by atoms with Crippen LogP contribution in [0.15, 0.2) is 21.3 Å². The normalized spacial score (nSPS) is 19.4. The largest absolute Gasteiger partial charge is 0.480 e. The third-order valence-electron chi connectivity index (χ3n) is 3.15. The number of carboxylic acids is 1. The Hall–Kier alpha value is -2.26. The van der Waals surface area contributed by atoms with Gasteiger partial charge in [-0.3, -0.25) is 14.5 Å². The third-order valence-corrected chi connectivity index (χ3v) is 3.83. The summed E-state index contributed by atoms with van der Waals surface area (Å²) >= 11 is 1.52. The molecule has 2 N–H and O–H groups in total. The first-order chi connectivity index (χ1) is 10.1. The Morgan fingerprint density at radius 2 is 2.48 bits per heavy atom. The van der Waals surface area contributed by atoms with Crippen molar-refractivity contribution in [3.8, 4) is 11.4 Å². The average molecular weight is 308 g/mol. The summed E-state index contributed by atoms with van der Waals surface area (Å²) in [5, 5.41) is 19.4. The van der Waals surface area contributed by atoms with Gasteiger partial charge in [-0.25, -0.2) is 0 Å². The van der Waals surface area contributed by atoms with Gasteiger partial charge in [0, 0.05) is 17.5 Å². The molecule has 0 aromatic carbocycles. The van der Waals surface area contributed by atoms with E-state index in [-0.39, 0.29) is 31.4 Å². The maximum absolute atomic E-state index is 11.4. The van der Waals surface area contributed by atoms with Crippen molar-refractivity contribution in [2.24, 2.45) is 0 Å². The van der Waals surface area contributed by atoms with E-state index >= 15 is 0 Å². The lowest BCUT2D eigenvalue weighted by Crippen LogP contribution is -2.56. The number of hydrogen-bond donors (Lipinski definition) is 2. The fraction of sp³-hybridized carbons (Fsp3) is 0.333. The highest BCUT2D eigenvalue weighted by molar-refractivity contribution is 7.08. The molecule has 1 atom stereocenters. The highest BCUT2D eigenvalue weighted by atomic mass is 32.1. The average Bonchev–Trinajstić information content (AvgIpc) is 3.08. The summed E-state index contributed by atoms with van der Waals surface area (Å²) in [5.74, 6) is -0.464. The van der Waals surface area contributed by atoms with Crippen molar-refractivity contribution >= 4 is 23.2 Å². The van der Waals surface area contributed by atoms with E-state index in [9.17, 15) is 14.7 Å². The van der Waals surface area contributed by atoms with E-state index in [0.717, 1.165) is 5.56 Å². The molecule has 0 aliphatic carbocycles. The van der Waals surface area contributed by atoms with Crippen LogP contribution in [0.4, 0.5) is 0 Å². The maximum Gasteiger partial charge on any atom is 0.322 e. The zero-order valence-corrected chi connectivity index (χ0v) is 11.7. The lowest BCUT2D eigenvalue weighted by atomic mass is 10.2. The van der Waals surface area contributed by atoms with E-state index in [0.29, 0.717) is 5.82 Å². The van der Waals surface area contributed by atoms with Crippen molar-refractivity contribution in [3.05, 3.63) is 22.7 Å². The Balaban J connectivity index is 1.75. The molecule has 2 aromatic rings. The van der Waals surface area contributed by atoms with Crippen molar-refractivity contribution in [2.45, 2.75) is 12.6 Å². The molecule has 0 spiro atoms.